The van der Waals surface area contributed by atoms with Crippen molar-refractivity contribution in [3.63, 3.8) is 0 Å². The molecule has 1 aromatic rings. The van der Waals surface area contributed by atoms with Gasteiger partial charge in [-0.1, -0.05) is 17.7 Å². The second kappa shape index (κ2) is 11.7. The molecule has 1 aliphatic heterocycles. The maximum atomic E-state index is 12.3. The van der Waals surface area contributed by atoms with Gasteiger partial charge >= 0.3 is 12.1 Å². The molecule has 0 radical (unpaired) electrons. The van der Waals surface area contributed by atoms with Crippen LogP contribution in [0.25, 0.3) is 0 Å². The Morgan fingerprint density at radius 1 is 1.22 bits per heavy atom. The van der Waals surface area contributed by atoms with E-state index in [9.17, 15) is 9.59 Å². The van der Waals surface area contributed by atoms with Crippen LogP contribution in [0.1, 0.15) is 25.7 Å². The van der Waals surface area contributed by atoms with E-state index in [0.717, 1.165) is 38.8 Å². The van der Waals surface area contributed by atoms with Gasteiger partial charge in [0.25, 0.3) is 0 Å². The van der Waals surface area contributed by atoms with Crippen molar-refractivity contribution in [3.05, 3.63) is 29.3 Å². The molecule has 1 fully saturated rings. The fourth-order valence-corrected chi connectivity index (χ4v) is 3.25. The Kier molecular flexibility index (Phi) is 9.21. The predicted molar refractivity (Wildman–Crippen MR) is 107 cm³/mol. The number of ether oxygens (including phenoxy) is 1. The SMILES string of the molecule is COCCCNC(=O)NCCC1CCN(C(=O)Nc2cccc(Cl)c2)CC1. The number of nitrogens with zero attached hydrogens (tertiary/aromatic N) is 1. The average Bonchev–Trinajstić information content (AvgIpc) is 2.66. The number of halogens is 1. The number of urea groups is 2. The molecule has 2 rings (SSSR count). The molecule has 0 saturated carbocycles. The lowest BCUT2D eigenvalue weighted by atomic mass is 9.94. The second-order valence-corrected chi connectivity index (χ2v) is 7.13. The highest BCUT2D eigenvalue weighted by atomic mass is 35.5. The van der Waals surface area contributed by atoms with Gasteiger partial charge in [-0.2, -0.15) is 0 Å². The summed E-state index contributed by atoms with van der Waals surface area (Å²) in [6.07, 6.45) is 3.62. The molecular weight excluding hydrogens is 368 g/mol. The molecule has 1 aromatic carbocycles. The summed E-state index contributed by atoms with van der Waals surface area (Å²) >= 11 is 5.94. The van der Waals surface area contributed by atoms with Crippen LogP contribution in [-0.4, -0.2) is 56.9 Å². The number of nitrogens with one attached hydrogen (secondary N) is 3. The molecule has 3 N–H and O–H groups in total. The average molecular weight is 397 g/mol. The van der Waals surface area contributed by atoms with Crippen LogP contribution >= 0.6 is 11.6 Å². The smallest absolute Gasteiger partial charge is 0.321 e. The Morgan fingerprint density at radius 2 is 1.96 bits per heavy atom. The summed E-state index contributed by atoms with van der Waals surface area (Å²) in [5.41, 5.74) is 0.704. The first-order valence-corrected chi connectivity index (χ1v) is 9.78. The van der Waals surface area contributed by atoms with E-state index in [1.54, 1.807) is 19.2 Å². The van der Waals surface area contributed by atoms with Gasteiger partial charge in [-0.15, -0.1) is 0 Å². The maximum Gasteiger partial charge on any atom is 0.321 e. The normalized spacial score (nSPS) is 14.7. The third kappa shape index (κ3) is 8.05. The first-order valence-electron chi connectivity index (χ1n) is 9.40. The monoisotopic (exact) mass is 396 g/mol. The molecule has 0 spiro atoms. The molecule has 8 heteroatoms. The van der Waals surface area contributed by atoms with E-state index in [1.165, 1.54) is 0 Å². The number of carbonyl (C=O) groups excluding carboxylic acids is 2. The molecule has 1 heterocycles. The number of piperidine rings is 1. The Morgan fingerprint density at radius 3 is 2.67 bits per heavy atom. The van der Waals surface area contributed by atoms with Crippen molar-refractivity contribution in [2.24, 2.45) is 5.92 Å². The number of anilines is 1. The van der Waals surface area contributed by atoms with Crippen LogP contribution < -0.4 is 16.0 Å². The minimum atomic E-state index is -0.135. The summed E-state index contributed by atoms with van der Waals surface area (Å²) in [6.45, 7) is 3.35. The second-order valence-electron chi connectivity index (χ2n) is 6.69. The highest BCUT2D eigenvalue weighted by molar-refractivity contribution is 6.30. The van der Waals surface area contributed by atoms with Gasteiger partial charge in [0.2, 0.25) is 0 Å². The van der Waals surface area contributed by atoms with Crippen molar-refractivity contribution in [2.75, 3.05) is 45.2 Å². The Labute approximate surface area is 165 Å². The van der Waals surface area contributed by atoms with E-state index in [0.29, 0.717) is 36.3 Å². The molecule has 0 aliphatic carbocycles. The van der Waals surface area contributed by atoms with E-state index < -0.39 is 0 Å². The van der Waals surface area contributed by atoms with Crippen LogP contribution in [0.5, 0.6) is 0 Å². The molecule has 0 unspecified atom stereocenters. The number of carbonyl (C=O) groups is 2. The van der Waals surface area contributed by atoms with Gasteiger partial charge in [0.05, 0.1) is 0 Å². The largest absolute Gasteiger partial charge is 0.385 e. The lowest BCUT2D eigenvalue weighted by molar-refractivity contribution is 0.179. The maximum absolute atomic E-state index is 12.3. The third-order valence-corrected chi connectivity index (χ3v) is 4.86. The Bertz CT molecular complexity index is 606. The van der Waals surface area contributed by atoms with Crippen LogP contribution in [0, 0.1) is 5.92 Å². The molecule has 150 valence electrons. The topological polar surface area (TPSA) is 82.7 Å². The van der Waals surface area contributed by atoms with Crippen molar-refractivity contribution in [1.82, 2.24) is 15.5 Å². The van der Waals surface area contributed by atoms with E-state index >= 15 is 0 Å². The summed E-state index contributed by atoms with van der Waals surface area (Å²) in [6, 6.07) is 6.91. The van der Waals surface area contributed by atoms with Crippen LogP contribution in [-0.2, 0) is 4.74 Å². The van der Waals surface area contributed by atoms with Crippen molar-refractivity contribution in [2.45, 2.75) is 25.7 Å². The molecule has 1 aliphatic rings. The van der Waals surface area contributed by atoms with Crippen molar-refractivity contribution < 1.29 is 14.3 Å². The molecule has 1 saturated heterocycles. The van der Waals surface area contributed by atoms with Crippen LogP contribution in [0.4, 0.5) is 15.3 Å². The first-order chi connectivity index (χ1) is 13.1. The van der Waals surface area contributed by atoms with Gasteiger partial charge < -0.3 is 25.6 Å². The molecule has 7 nitrogen and oxygen atoms in total. The number of benzene rings is 1. The van der Waals surface area contributed by atoms with E-state index in [1.807, 2.05) is 17.0 Å². The summed E-state index contributed by atoms with van der Waals surface area (Å²) in [5, 5.41) is 9.17. The molecule has 27 heavy (non-hydrogen) atoms. The van der Waals surface area contributed by atoms with Gasteiger partial charge in [0.15, 0.2) is 0 Å². The predicted octanol–water partition coefficient (Wildman–Crippen LogP) is 3.31. The van der Waals surface area contributed by atoms with E-state index in [-0.39, 0.29) is 12.1 Å². The lowest BCUT2D eigenvalue weighted by Crippen LogP contribution is -2.42. The minimum absolute atomic E-state index is 0.0933. The summed E-state index contributed by atoms with van der Waals surface area (Å²) in [4.78, 5) is 25.8. The Balaban J connectivity index is 1.59. The van der Waals surface area contributed by atoms with E-state index in [2.05, 4.69) is 16.0 Å². The zero-order valence-corrected chi connectivity index (χ0v) is 16.6. The van der Waals surface area contributed by atoms with Gasteiger partial charge in [-0.05, 0) is 49.8 Å². The number of hydrogen-bond acceptors (Lipinski definition) is 3. The molecule has 0 aromatic heterocycles. The first kappa shape index (κ1) is 21.3. The van der Waals surface area contributed by atoms with Crippen molar-refractivity contribution in [3.8, 4) is 0 Å². The third-order valence-electron chi connectivity index (χ3n) is 4.63. The number of amides is 4. The standard InChI is InChI=1S/C19H29ClN4O3/c1-27-13-3-9-21-18(25)22-10-6-15-7-11-24(12-8-15)19(26)23-17-5-2-4-16(20)14-17/h2,4-5,14-15H,3,6-13H2,1H3,(H,23,26)(H2,21,22,25). The fourth-order valence-electron chi connectivity index (χ4n) is 3.06. The molecule has 0 atom stereocenters. The zero-order valence-electron chi connectivity index (χ0n) is 15.8. The zero-order chi connectivity index (χ0) is 19.5. The van der Waals surface area contributed by atoms with Crippen LogP contribution in [0.2, 0.25) is 5.02 Å². The summed E-state index contributed by atoms with van der Waals surface area (Å²) in [7, 11) is 1.65. The highest BCUT2D eigenvalue weighted by Gasteiger charge is 2.22. The van der Waals surface area contributed by atoms with Gasteiger partial charge in [0.1, 0.15) is 0 Å². The van der Waals surface area contributed by atoms with Gasteiger partial charge in [-0.25, -0.2) is 9.59 Å². The van der Waals surface area contributed by atoms with Crippen LogP contribution in [0.15, 0.2) is 24.3 Å². The number of methoxy groups -OCH3 is 1. The van der Waals surface area contributed by atoms with Crippen LogP contribution in [0.3, 0.4) is 0 Å². The summed E-state index contributed by atoms with van der Waals surface area (Å²) < 4.78 is 4.94. The molecule has 4 amide bonds. The van der Waals surface area contributed by atoms with Crippen molar-refractivity contribution in [1.29, 1.82) is 0 Å². The minimum Gasteiger partial charge on any atom is -0.385 e. The van der Waals surface area contributed by atoms with Crippen molar-refractivity contribution >= 4 is 29.4 Å². The molecular formula is C19H29ClN4O3. The number of likely N-dealkylation sites (tertiary alicyclic amines) is 1. The van der Waals surface area contributed by atoms with Gasteiger partial charge in [0, 0.05) is 50.6 Å². The lowest BCUT2D eigenvalue weighted by Gasteiger charge is -2.32. The Hall–Kier alpha value is -1.99. The molecule has 0 bridgehead atoms. The van der Waals surface area contributed by atoms with E-state index in [4.69, 9.17) is 16.3 Å². The van der Waals surface area contributed by atoms with Gasteiger partial charge in [-0.3, -0.25) is 0 Å². The number of rotatable bonds is 8. The quantitative estimate of drug-likeness (QED) is 0.589. The number of hydrogen-bond donors (Lipinski definition) is 3. The fraction of sp³-hybridized carbons (Fsp3) is 0.579. The summed E-state index contributed by atoms with van der Waals surface area (Å²) in [5.74, 6) is 0.522. The highest BCUT2D eigenvalue weighted by Crippen LogP contribution is 2.21.